The highest BCUT2D eigenvalue weighted by Crippen LogP contribution is 2.26. The van der Waals surface area contributed by atoms with E-state index in [2.05, 4.69) is 22.5 Å². The first-order valence-electron chi connectivity index (χ1n) is 4.96. The molecule has 0 aliphatic carbocycles. The third-order valence-electron chi connectivity index (χ3n) is 2.28. The second-order valence-electron chi connectivity index (χ2n) is 3.49. The lowest BCUT2D eigenvalue weighted by Gasteiger charge is -2.13. The first-order chi connectivity index (χ1) is 7.15. The first kappa shape index (κ1) is 12.4. The molecule has 1 atom stereocenters. The minimum Gasteiger partial charge on any atom is -0.324 e. The monoisotopic (exact) mass is 271 g/mol. The molecule has 15 heavy (non-hydrogen) atoms. The highest BCUT2D eigenvalue weighted by atomic mass is 79.9. The summed E-state index contributed by atoms with van der Waals surface area (Å²) in [6.45, 7) is 3.65. The Labute approximate surface area is 98.3 Å². The molecule has 0 aromatic heterocycles. The maximum absolute atomic E-state index is 13.0. The molecule has 1 aromatic carbocycles. The summed E-state index contributed by atoms with van der Waals surface area (Å²) in [5.41, 5.74) is 6.81. The number of allylic oxidation sites excluding steroid dienone is 1. The SMILES string of the molecule is C=CCCCC(N)c1cc(F)ccc1Br. The Kier molecular flexibility index (Phi) is 4.99. The molecule has 0 aliphatic rings. The molecule has 0 saturated carbocycles. The fourth-order valence-corrected chi connectivity index (χ4v) is 1.98. The standard InChI is InChI=1S/C12H15BrFN/c1-2-3-4-5-12(15)10-8-9(14)6-7-11(10)13/h2,6-8,12H,1,3-5,15H2. The van der Waals surface area contributed by atoms with Crippen LogP contribution >= 0.6 is 15.9 Å². The summed E-state index contributed by atoms with van der Waals surface area (Å²) in [6, 6.07) is 4.49. The summed E-state index contributed by atoms with van der Waals surface area (Å²) >= 11 is 3.37. The van der Waals surface area contributed by atoms with Gasteiger partial charge in [0.2, 0.25) is 0 Å². The van der Waals surface area contributed by atoms with Gasteiger partial charge in [-0.15, -0.1) is 6.58 Å². The second-order valence-corrected chi connectivity index (χ2v) is 4.35. The molecule has 0 radical (unpaired) electrons. The van der Waals surface area contributed by atoms with Crippen LogP contribution in [-0.2, 0) is 0 Å². The lowest BCUT2D eigenvalue weighted by Crippen LogP contribution is -2.11. The van der Waals surface area contributed by atoms with Crippen LogP contribution in [0.15, 0.2) is 35.3 Å². The van der Waals surface area contributed by atoms with Gasteiger partial charge in [-0.05, 0) is 43.0 Å². The quantitative estimate of drug-likeness (QED) is 0.637. The maximum Gasteiger partial charge on any atom is 0.123 e. The average molecular weight is 272 g/mol. The summed E-state index contributed by atoms with van der Waals surface area (Å²) < 4.78 is 13.9. The highest BCUT2D eigenvalue weighted by Gasteiger charge is 2.10. The average Bonchev–Trinajstić information content (AvgIpc) is 2.22. The Hall–Kier alpha value is -0.670. The normalized spacial score (nSPS) is 12.5. The van der Waals surface area contributed by atoms with Gasteiger partial charge in [-0.2, -0.15) is 0 Å². The molecule has 0 bridgehead atoms. The van der Waals surface area contributed by atoms with Gasteiger partial charge < -0.3 is 5.73 Å². The van der Waals surface area contributed by atoms with Gasteiger partial charge in [-0.3, -0.25) is 0 Å². The topological polar surface area (TPSA) is 26.0 Å². The zero-order chi connectivity index (χ0) is 11.3. The fraction of sp³-hybridized carbons (Fsp3) is 0.333. The van der Waals surface area contributed by atoms with Crippen molar-refractivity contribution in [3.63, 3.8) is 0 Å². The molecule has 3 heteroatoms. The van der Waals surface area contributed by atoms with E-state index in [4.69, 9.17) is 5.73 Å². The minimum absolute atomic E-state index is 0.116. The molecule has 0 saturated heterocycles. The lowest BCUT2D eigenvalue weighted by atomic mass is 10.0. The Balaban J connectivity index is 2.67. The summed E-state index contributed by atoms with van der Waals surface area (Å²) in [4.78, 5) is 0. The van der Waals surface area contributed by atoms with Gasteiger partial charge in [-0.25, -0.2) is 4.39 Å². The number of hydrogen-bond donors (Lipinski definition) is 1. The van der Waals surface area contributed by atoms with Gasteiger partial charge in [0.1, 0.15) is 5.82 Å². The van der Waals surface area contributed by atoms with E-state index in [1.54, 1.807) is 6.07 Å². The Morgan fingerprint density at radius 2 is 2.27 bits per heavy atom. The zero-order valence-electron chi connectivity index (χ0n) is 8.55. The maximum atomic E-state index is 13.0. The third-order valence-corrected chi connectivity index (χ3v) is 3.00. The second kappa shape index (κ2) is 6.03. The van der Waals surface area contributed by atoms with Crippen LogP contribution in [0, 0.1) is 5.82 Å². The number of benzene rings is 1. The van der Waals surface area contributed by atoms with Crippen LogP contribution in [0.2, 0.25) is 0 Å². The number of nitrogens with two attached hydrogens (primary N) is 1. The van der Waals surface area contributed by atoms with Crippen LogP contribution in [0.3, 0.4) is 0 Å². The molecule has 1 unspecified atom stereocenters. The minimum atomic E-state index is -0.243. The molecular weight excluding hydrogens is 257 g/mol. The number of rotatable bonds is 5. The third kappa shape index (κ3) is 3.76. The molecule has 0 heterocycles. The summed E-state index contributed by atoms with van der Waals surface area (Å²) in [7, 11) is 0. The largest absolute Gasteiger partial charge is 0.324 e. The zero-order valence-corrected chi connectivity index (χ0v) is 10.1. The van der Waals surface area contributed by atoms with Crippen molar-refractivity contribution < 1.29 is 4.39 Å². The number of unbranched alkanes of at least 4 members (excludes halogenated alkanes) is 1. The Morgan fingerprint density at radius 3 is 2.93 bits per heavy atom. The van der Waals surface area contributed by atoms with Crippen LogP contribution in [0.1, 0.15) is 30.9 Å². The van der Waals surface area contributed by atoms with E-state index in [-0.39, 0.29) is 11.9 Å². The smallest absolute Gasteiger partial charge is 0.123 e. The molecule has 82 valence electrons. The van der Waals surface area contributed by atoms with Gasteiger partial charge in [-0.1, -0.05) is 22.0 Å². The molecule has 0 amide bonds. The van der Waals surface area contributed by atoms with Crippen LogP contribution in [-0.4, -0.2) is 0 Å². The van der Waals surface area contributed by atoms with Crippen molar-refractivity contribution in [3.8, 4) is 0 Å². The van der Waals surface area contributed by atoms with Crippen molar-refractivity contribution in [1.29, 1.82) is 0 Å². The molecular formula is C12H15BrFN. The molecule has 1 aromatic rings. The van der Waals surface area contributed by atoms with Gasteiger partial charge in [0.25, 0.3) is 0 Å². The fourth-order valence-electron chi connectivity index (χ4n) is 1.44. The Morgan fingerprint density at radius 1 is 1.53 bits per heavy atom. The van der Waals surface area contributed by atoms with Gasteiger partial charge >= 0.3 is 0 Å². The van der Waals surface area contributed by atoms with E-state index >= 15 is 0 Å². The molecule has 1 rings (SSSR count). The van der Waals surface area contributed by atoms with Crippen molar-refractivity contribution in [2.24, 2.45) is 5.73 Å². The van der Waals surface area contributed by atoms with E-state index < -0.39 is 0 Å². The first-order valence-corrected chi connectivity index (χ1v) is 5.76. The summed E-state index contributed by atoms with van der Waals surface area (Å²) in [5.74, 6) is -0.243. The summed E-state index contributed by atoms with van der Waals surface area (Å²) in [6.07, 6.45) is 4.63. The molecule has 2 N–H and O–H groups in total. The van der Waals surface area contributed by atoms with Crippen LogP contribution in [0.4, 0.5) is 4.39 Å². The highest BCUT2D eigenvalue weighted by molar-refractivity contribution is 9.10. The molecule has 0 spiro atoms. The van der Waals surface area contributed by atoms with Gasteiger partial charge in [0, 0.05) is 10.5 Å². The van der Waals surface area contributed by atoms with Crippen molar-refractivity contribution in [1.82, 2.24) is 0 Å². The summed E-state index contributed by atoms with van der Waals surface area (Å²) in [5, 5.41) is 0. The van der Waals surface area contributed by atoms with E-state index in [9.17, 15) is 4.39 Å². The van der Waals surface area contributed by atoms with E-state index in [1.807, 2.05) is 6.08 Å². The van der Waals surface area contributed by atoms with E-state index in [0.29, 0.717) is 0 Å². The predicted octanol–water partition coefficient (Wildman–Crippen LogP) is 3.94. The van der Waals surface area contributed by atoms with Gasteiger partial charge in [0.05, 0.1) is 0 Å². The lowest BCUT2D eigenvalue weighted by molar-refractivity contribution is 0.594. The van der Waals surface area contributed by atoms with Crippen LogP contribution in [0.25, 0.3) is 0 Å². The molecule has 0 fully saturated rings. The number of hydrogen-bond acceptors (Lipinski definition) is 1. The number of halogens is 2. The van der Waals surface area contributed by atoms with Crippen LogP contribution in [0.5, 0.6) is 0 Å². The van der Waals surface area contributed by atoms with Crippen molar-refractivity contribution in [3.05, 3.63) is 46.7 Å². The van der Waals surface area contributed by atoms with Crippen molar-refractivity contribution in [2.75, 3.05) is 0 Å². The van der Waals surface area contributed by atoms with E-state index in [0.717, 1.165) is 29.3 Å². The van der Waals surface area contributed by atoms with E-state index in [1.165, 1.54) is 12.1 Å². The van der Waals surface area contributed by atoms with Crippen molar-refractivity contribution >= 4 is 15.9 Å². The molecule has 1 nitrogen and oxygen atoms in total. The van der Waals surface area contributed by atoms with Crippen LogP contribution < -0.4 is 5.73 Å². The molecule has 0 aliphatic heterocycles. The predicted molar refractivity (Wildman–Crippen MR) is 65.1 cm³/mol. The van der Waals surface area contributed by atoms with Crippen molar-refractivity contribution in [2.45, 2.75) is 25.3 Å². The van der Waals surface area contributed by atoms with Gasteiger partial charge in [0.15, 0.2) is 0 Å². The Bertz CT molecular complexity index is 338.